The van der Waals surface area contributed by atoms with Gasteiger partial charge < -0.3 is 9.30 Å². The van der Waals surface area contributed by atoms with Crippen LogP contribution >= 0.6 is 11.3 Å². The molecule has 0 fully saturated rings. The molecule has 0 bridgehead atoms. The van der Waals surface area contributed by atoms with Crippen molar-refractivity contribution in [2.75, 3.05) is 6.61 Å². The Labute approximate surface area is 153 Å². The first-order valence-electron chi connectivity index (χ1n) is 7.95. The third-order valence-corrected chi connectivity index (χ3v) is 4.70. The van der Waals surface area contributed by atoms with Crippen LogP contribution in [-0.2, 0) is 16.1 Å². The van der Waals surface area contributed by atoms with Crippen LogP contribution in [0.15, 0.2) is 53.5 Å². The second-order valence-electron chi connectivity index (χ2n) is 5.35. The molecule has 26 heavy (non-hydrogen) atoms. The number of fused-ring (bicyclic) bond motifs is 1. The van der Waals surface area contributed by atoms with E-state index in [4.69, 9.17) is 10.00 Å². The Balaban J connectivity index is 2.04. The minimum absolute atomic E-state index is 0.0165. The number of carbonyl (C=O) groups is 2. The molecule has 0 aliphatic carbocycles. The molecule has 0 N–H and O–H groups in total. The van der Waals surface area contributed by atoms with Gasteiger partial charge in [0.05, 0.1) is 28.5 Å². The third kappa shape index (κ3) is 3.71. The van der Waals surface area contributed by atoms with Crippen molar-refractivity contribution in [3.8, 4) is 6.07 Å². The van der Waals surface area contributed by atoms with E-state index in [1.807, 2.05) is 30.3 Å². The highest BCUT2D eigenvalue weighted by molar-refractivity contribution is 7.16. The van der Waals surface area contributed by atoms with E-state index in [0.717, 1.165) is 10.2 Å². The summed E-state index contributed by atoms with van der Waals surface area (Å²) < 4.78 is 7.62. The normalized spacial score (nSPS) is 11.3. The lowest BCUT2D eigenvalue weighted by Crippen LogP contribution is -2.23. The summed E-state index contributed by atoms with van der Waals surface area (Å²) in [6, 6.07) is 15.8. The molecule has 1 amide bonds. The first-order chi connectivity index (χ1) is 12.6. The number of hydrogen-bond acceptors (Lipinski definition) is 5. The summed E-state index contributed by atoms with van der Waals surface area (Å²) in [6.45, 7) is 2.02. The van der Waals surface area contributed by atoms with Crippen molar-refractivity contribution in [1.82, 2.24) is 4.57 Å². The van der Waals surface area contributed by atoms with Crippen molar-refractivity contribution in [2.24, 2.45) is 4.99 Å². The van der Waals surface area contributed by atoms with Gasteiger partial charge in [-0.1, -0.05) is 23.5 Å². The molecule has 130 valence electrons. The topological polar surface area (TPSA) is 84.5 Å². The van der Waals surface area contributed by atoms with Crippen molar-refractivity contribution in [2.45, 2.75) is 13.5 Å². The first-order valence-corrected chi connectivity index (χ1v) is 8.77. The molecule has 2 aromatic carbocycles. The van der Waals surface area contributed by atoms with E-state index >= 15 is 0 Å². The van der Waals surface area contributed by atoms with Crippen LogP contribution in [0.3, 0.4) is 0 Å². The molecule has 0 aliphatic heterocycles. The van der Waals surface area contributed by atoms with Gasteiger partial charge in [-0.2, -0.15) is 10.3 Å². The molecule has 0 aliphatic rings. The second kappa shape index (κ2) is 7.76. The molecular formula is C19H15N3O3S. The molecule has 1 heterocycles. The molecular weight excluding hydrogens is 350 g/mol. The highest BCUT2D eigenvalue weighted by Crippen LogP contribution is 2.17. The van der Waals surface area contributed by atoms with E-state index in [9.17, 15) is 9.59 Å². The maximum absolute atomic E-state index is 12.5. The van der Waals surface area contributed by atoms with Crippen LogP contribution in [-0.4, -0.2) is 23.1 Å². The lowest BCUT2D eigenvalue weighted by molar-refractivity contribution is -0.143. The summed E-state index contributed by atoms with van der Waals surface area (Å²) in [5.41, 5.74) is 1.67. The fourth-order valence-corrected chi connectivity index (χ4v) is 3.46. The second-order valence-corrected chi connectivity index (χ2v) is 6.36. The van der Waals surface area contributed by atoms with E-state index in [1.54, 1.807) is 35.8 Å². The standard InChI is InChI=1S/C19H15N3O3S/c1-2-25-17(23)12-22-15-5-3-4-6-16(15)26-19(22)21-18(24)14-9-7-13(11-20)8-10-14/h3-10H,2,12H2,1H3. The number of amides is 1. The van der Waals surface area contributed by atoms with Gasteiger partial charge in [0.2, 0.25) is 0 Å². The van der Waals surface area contributed by atoms with E-state index in [2.05, 4.69) is 4.99 Å². The van der Waals surface area contributed by atoms with Gasteiger partial charge in [0.25, 0.3) is 5.91 Å². The summed E-state index contributed by atoms with van der Waals surface area (Å²) in [4.78, 5) is 29.0. The smallest absolute Gasteiger partial charge is 0.326 e. The lowest BCUT2D eigenvalue weighted by Gasteiger charge is -2.04. The highest BCUT2D eigenvalue weighted by Gasteiger charge is 2.12. The lowest BCUT2D eigenvalue weighted by atomic mass is 10.1. The molecule has 0 saturated carbocycles. The Morgan fingerprint density at radius 1 is 1.19 bits per heavy atom. The largest absolute Gasteiger partial charge is 0.465 e. The Morgan fingerprint density at radius 2 is 1.92 bits per heavy atom. The number of ether oxygens (including phenoxy) is 1. The molecule has 0 radical (unpaired) electrons. The van der Waals surface area contributed by atoms with Gasteiger partial charge >= 0.3 is 5.97 Å². The predicted molar refractivity (Wildman–Crippen MR) is 97.5 cm³/mol. The minimum Gasteiger partial charge on any atom is -0.465 e. The third-order valence-electron chi connectivity index (χ3n) is 3.64. The number of rotatable bonds is 4. The van der Waals surface area contributed by atoms with Crippen LogP contribution in [0.25, 0.3) is 10.2 Å². The summed E-state index contributed by atoms with van der Waals surface area (Å²) in [5, 5.41) is 8.84. The van der Waals surface area contributed by atoms with Gasteiger partial charge in [0.1, 0.15) is 6.54 Å². The zero-order valence-corrected chi connectivity index (χ0v) is 14.8. The summed E-state index contributed by atoms with van der Waals surface area (Å²) in [6.07, 6.45) is 0. The predicted octanol–water partition coefficient (Wildman–Crippen LogP) is 2.88. The van der Waals surface area contributed by atoms with E-state index < -0.39 is 5.91 Å². The zero-order chi connectivity index (χ0) is 18.5. The zero-order valence-electron chi connectivity index (χ0n) is 14.0. The number of para-hydroxylation sites is 1. The summed E-state index contributed by atoms with van der Waals surface area (Å²) in [7, 11) is 0. The molecule has 0 unspecified atom stereocenters. The summed E-state index contributed by atoms with van der Waals surface area (Å²) >= 11 is 1.33. The van der Waals surface area contributed by atoms with Crippen molar-refractivity contribution in [1.29, 1.82) is 5.26 Å². The SMILES string of the molecule is CCOC(=O)Cn1c(=NC(=O)c2ccc(C#N)cc2)sc2ccccc21. The Morgan fingerprint density at radius 3 is 2.62 bits per heavy atom. The Kier molecular flexibility index (Phi) is 5.25. The van der Waals surface area contributed by atoms with Gasteiger partial charge in [-0.15, -0.1) is 0 Å². The minimum atomic E-state index is -0.432. The van der Waals surface area contributed by atoms with Crippen molar-refractivity contribution in [3.63, 3.8) is 0 Å². The maximum atomic E-state index is 12.5. The van der Waals surface area contributed by atoms with Crippen molar-refractivity contribution >= 4 is 33.4 Å². The van der Waals surface area contributed by atoms with Crippen LogP contribution < -0.4 is 4.80 Å². The number of thiazole rings is 1. The molecule has 3 aromatic rings. The van der Waals surface area contributed by atoms with Crippen LogP contribution in [0.2, 0.25) is 0 Å². The Hall–Kier alpha value is -3.24. The van der Waals surface area contributed by atoms with Gasteiger partial charge in [-0.3, -0.25) is 9.59 Å². The van der Waals surface area contributed by atoms with Gasteiger partial charge in [0.15, 0.2) is 4.80 Å². The Bertz CT molecular complexity index is 1070. The quantitative estimate of drug-likeness (QED) is 0.666. The molecule has 1 aromatic heterocycles. The number of nitrogens with zero attached hydrogens (tertiary/aromatic N) is 3. The average molecular weight is 365 g/mol. The van der Waals surface area contributed by atoms with Crippen LogP contribution in [0.4, 0.5) is 0 Å². The monoisotopic (exact) mass is 365 g/mol. The first kappa shape index (κ1) is 17.6. The van der Waals surface area contributed by atoms with Crippen LogP contribution in [0.5, 0.6) is 0 Å². The molecule has 0 atom stereocenters. The highest BCUT2D eigenvalue weighted by atomic mass is 32.1. The number of hydrogen-bond donors (Lipinski definition) is 0. The van der Waals surface area contributed by atoms with E-state index in [-0.39, 0.29) is 19.1 Å². The van der Waals surface area contributed by atoms with Crippen LogP contribution in [0, 0.1) is 11.3 Å². The van der Waals surface area contributed by atoms with Gasteiger partial charge in [-0.05, 0) is 43.3 Å². The fourth-order valence-electron chi connectivity index (χ4n) is 2.43. The number of nitriles is 1. The number of aromatic nitrogens is 1. The molecule has 0 saturated heterocycles. The molecule has 0 spiro atoms. The molecule has 3 rings (SSSR count). The summed E-state index contributed by atoms with van der Waals surface area (Å²) in [5.74, 6) is -0.818. The van der Waals surface area contributed by atoms with Gasteiger partial charge in [0, 0.05) is 5.56 Å². The number of benzene rings is 2. The number of esters is 1. The van der Waals surface area contributed by atoms with E-state index in [0.29, 0.717) is 15.9 Å². The molecule has 6 nitrogen and oxygen atoms in total. The van der Waals surface area contributed by atoms with Crippen molar-refractivity contribution in [3.05, 3.63) is 64.5 Å². The van der Waals surface area contributed by atoms with Gasteiger partial charge in [-0.25, -0.2) is 0 Å². The fraction of sp³-hybridized carbons (Fsp3) is 0.158. The number of carbonyl (C=O) groups excluding carboxylic acids is 2. The van der Waals surface area contributed by atoms with Crippen LogP contribution in [0.1, 0.15) is 22.8 Å². The molecule has 7 heteroatoms. The van der Waals surface area contributed by atoms with Crippen molar-refractivity contribution < 1.29 is 14.3 Å². The van der Waals surface area contributed by atoms with E-state index in [1.165, 1.54) is 11.3 Å². The maximum Gasteiger partial charge on any atom is 0.326 e. The average Bonchev–Trinajstić information content (AvgIpc) is 2.99.